The van der Waals surface area contributed by atoms with E-state index in [0.29, 0.717) is 11.9 Å². The predicted octanol–water partition coefficient (Wildman–Crippen LogP) is 2.70. The summed E-state index contributed by atoms with van der Waals surface area (Å²) in [5, 5.41) is 6.87. The first-order valence-electron chi connectivity index (χ1n) is 8.76. The Hall–Kier alpha value is -0.180. The Kier molecular flexibility index (Phi) is 9.19. The van der Waals surface area contributed by atoms with Crippen molar-refractivity contribution in [2.24, 2.45) is 10.9 Å². The number of aliphatic imine (C=N–C) groups is 1. The van der Waals surface area contributed by atoms with Crippen LogP contribution in [0.2, 0.25) is 0 Å². The molecule has 2 fully saturated rings. The average Bonchev–Trinajstić information content (AvgIpc) is 3.22. The van der Waals surface area contributed by atoms with E-state index in [1.165, 1.54) is 12.8 Å². The number of hydrogen-bond donors (Lipinski definition) is 2. The van der Waals surface area contributed by atoms with Crippen LogP contribution in [0.4, 0.5) is 0 Å². The van der Waals surface area contributed by atoms with Crippen molar-refractivity contribution in [1.82, 2.24) is 15.5 Å². The zero-order chi connectivity index (χ0) is 16.9. The van der Waals surface area contributed by atoms with Crippen LogP contribution >= 0.6 is 35.7 Å². The molecular weight excluding hydrogens is 435 g/mol. The highest BCUT2D eigenvalue weighted by Crippen LogP contribution is 2.27. The first-order chi connectivity index (χ1) is 10.9. The molecule has 1 aliphatic heterocycles. The second kappa shape index (κ2) is 10.1. The van der Waals surface area contributed by atoms with Crippen LogP contribution in [0, 0.1) is 5.92 Å². The molecule has 1 saturated carbocycles. The van der Waals surface area contributed by atoms with Crippen LogP contribution in [0.1, 0.15) is 46.0 Å². The van der Waals surface area contributed by atoms with Crippen molar-refractivity contribution in [1.29, 1.82) is 0 Å². The van der Waals surface area contributed by atoms with Gasteiger partial charge in [-0.05, 0) is 39.4 Å². The molecule has 0 aromatic heterocycles. The summed E-state index contributed by atoms with van der Waals surface area (Å²) >= 11 is 1.84. The molecule has 7 heteroatoms. The standard InChI is InChI=1S/C17H32N4OS.HI/c1-17(2,23-4)12-19-16(18-3)20-14-9-10-21(11-14)15(22)13-7-5-6-8-13;/h13-14H,5-12H2,1-4H3,(H2,18,19,20);1H. The molecule has 5 nitrogen and oxygen atoms in total. The summed E-state index contributed by atoms with van der Waals surface area (Å²) in [5.74, 6) is 1.50. The number of amides is 1. The lowest BCUT2D eigenvalue weighted by Gasteiger charge is -2.25. The maximum Gasteiger partial charge on any atom is 0.225 e. The molecule has 0 bridgehead atoms. The number of rotatable bonds is 5. The van der Waals surface area contributed by atoms with Gasteiger partial charge in [-0.25, -0.2) is 0 Å². The highest BCUT2D eigenvalue weighted by molar-refractivity contribution is 14.0. The highest BCUT2D eigenvalue weighted by atomic mass is 127. The molecule has 1 heterocycles. The van der Waals surface area contributed by atoms with Crippen LogP contribution in [0.25, 0.3) is 0 Å². The van der Waals surface area contributed by atoms with Gasteiger partial charge in [0.15, 0.2) is 5.96 Å². The van der Waals surface area contributed by atoms with Gasteiger partial charge in [0.25, 0.3) is 0 Å². The van der Waals surface area contributed by atoms with Gasteiger partial charge in [0.1, 0.15) is 0 Å². The molecule has 0 aromatic carbocycles. The van der Waals surface area contributed by atoms with Crippen LogP contribution in [0.3, 0.4) is 0 Å². The molecule has 2 N–H and O–H groups in total. The van der Waals surface area contributed by atoms with Crippen molar-refractivity contribution in [3.8, 4) is 0 Å². The van der Waals surface area contributed by atoms with Gasteiger partial charge in [-0.3, -0.25) is 9.79 Å². The molecule has 0 aromatic rings. The Balaban J connectivity index is 0.00000288. The lowest BCUT2D eigenvalue weighted by molar-refractivity contribution is -0.134. The minimum atomic E-state index is 0. The number of hydrogen-bond acceptors (Lipinski definition) is 3. The van der Waals surface area contributed by atoms with Crippen LogP contribution < -0.4 is 10.6 Å². The van der Waals surface area contributed by atoms with Crippen LogP contribution in [0.15, 0.2) is 4.99 Å². The van der Waals surface area contributed by atoms with Crippen LogP contribution in [-0.4, -0.2) is 60.5 Å². The van der Waals surface area contributed by atoms with E-state index in [4.69, 9.17) is 0 Å². The fourth-order valence-electron chi connectivity index (χ4n) is 3.27. The summed E-state index contributed by atoms with van der Waals surface area (Å²) in [4.78, 5) is 18.9. The Labute approximate surface area is 168 Å². The summed E-state index contributed by atoms with van der Waals surface area (Å²) in [6.45, 7) is 6.98. The molecule has 2 rings (SSSR count). The molecular formula is C17H33IN4OS. The third-order valence-electron chi connectivity index (χ3n) is 5.00. The molecule has 140 valence electrons. The van der Waals surface area contributed by atoms with Gasteiger partial charge in [0.05, 0.1) is 0 Å². The van der Waals surface area contributed by atoms with E-state index < -0.39 is 0 Å². The van der Waals surface area contributed by atoms with Crippen molar-refractivity contribution >= 4 is 47.6 Å². The molecule has 1 amide bonds. The quantitative estimate of drug-likeness (QED) is 0.370. The number of carbonyl (C=O) groups is 1. The average molecular weight is 468 g/mol. The maximum absolute atomic E-state index is 12.5. The van der Waals surface area contributed by atoms with E-state index in [1.807, 2.05) is 16.7 Å². The summed E-state index contributed by atoms with van der Waals surface area (Å²) in [6, 6.07) is 0.309. The maximum atomic E-state index is 12.5. The Morgan fingerprint density at radius 2 is 1.96 bits per heavy atom. The summed E-state index contributed by atoms with van der Waals surface area (Å²) in [7, 11) is 1.80. The predicted molar refractivity (Wildman–Crippen MR) is 114 cm³/mol. The number of thioether (sulfide) groups is 1. The third kappa shape index (κ3) is 6.28. The van der Waals surface area contributed by atoms with Gasteiger partial charge >= 0.3 is 0 Å². The van der Waals surface area contributed by atoms with Gasteiger partial charge in [0.2, 0.25) is 5.91 Å². The lowest BCUT2D eigenvalue weighted by Crippen LogP contribution is -2.48. The van der Waals surface area contributed by atoms with Gasteiger partial charge in [-0.1, -0.05) is 12.8 Å². The van der Waals surface area contributed by atoms with E-state index >= 15 is 0 Å². The first-order valence-corrected chi connectivity index (χ1v) is 9.99. The van der Waals surface area contributed by atoms with E-state index in [1.54, 1.807) is 7.05 Å². The molecule has 2 aliphatic rings. The molecule has 0 spiro atoms. The fourth-order valence-corrected chi connectivity index (χ4v) is 3.48. The van der Waals surface area contributed by atoms with Gasteiger partial charge in [-0.2, -0.15) is 11.8 Å². The Morgan fingerprint density at radius 1 is 1.29 bits per heavy atom. The highest BCUT2D eigenvalue weighted by Gasteiger charge is 2.32. The lowest BCUT2D eigenvalue weighted by atomic mass is 10.1. The van der Waals surface area contributed by atoms with E-state index in [-0.39, 0.29) is 34.6 Å². The van der Waals surface area contributed by atoms with Crippen molar-refractivity contribution in [2.75, 3.05) is 32.9 Å². The topological polar surface area (TPSA) is 56.7 Å². The van der Waals surface area contributed by atoms with Crippen molar-refractivity contribution in [3.05, 3.63) is 0 Å². The number of nitrogens with one attached hydrogen (secondary N) is 2. The largest absolute Gasteiger partial charge is 0.355 e. The third-order valence-corrected chi connectivity index (χ3v) is 6.25. The zero-order valence-electron chi connectivity index (χ0n) is 15.4. The molecule has 1 saturated heterocycles. The molecule has 24 heavy (non-hydrogen) atoms. The minimum Gasteiger partial charge on any atom is -0.355 e. The smallest absolute Gasteiger partial charge is 0.225 e. The summed E-state index contributed by atoms with van der Waals surface area (Å²) in [5.41, 5.74) is 0. The van der Waals surface area contributed by atoms with Crippen molar-refractivity contribution < 1.29 is 4.79 Å². The van der Waals surface area contributed by atoms with E-state index in [9.17, 15) is 4.79 Å². The fraction of sp³-hybridized carbons (Fsp3) is 0.882. The summed E-state index contributed by atoms with van der Waals surface area (Å²) < 4.78 is 0.178. The zero-order valence-corrected chi connectivity index (χ0v) is 18.6. The van der Waals surface area contributed by atoms with E-state index in [2.05, 4.69) is 35.7 Å². The number of nitrogens with zero attached hydrogens (tertiary/aromatic N) is 2. The number of halogens is 1. The number of likely N-dealkylation sites (tertiary alicyclic amines) is 1. The SMILES string of the molecule is CN=C(NCC(C)(C)SC)NC1CCN(C(=O)C2CCCC2)C1.I. The van der Waals surface area contributed by atoms with Gasteiger partial charge in [0, 0.05) is 43.4 Å². The summed E-state index contributed by atoms with van der Waals surface area (Å²) in [6.07, 6.45) is 7.73. The number of carbonyl (C=O) groups excluding carboxylic acids is 1. The second-order valence-electron chi connectivity index (χ2n) is 7.29. The normalized spacial score (nSPS) is 22.4. The van der Waals surface area contributed by atoms with Crippen molar-refractivity contribution in [2.45, 2.75) is 56.7 Å². The van der Waals surface area contributed by atoms with E-state index in [0.717, 1.165) is 44.9 Å². The Bertz CT molecular complexity index is 438. The molecule has 1 aliphatic carbocycles. The minimum absolute atomic E-state index is 0. The molecule has 1 unspecified atom stereocenters. The molecule has 0 radical (unpaired) electrons. The monoisotopic (exact) mass is 468 g/mol. The van der Waals surface area contributed by atoms with Crippen LogP contribution in [0.5, 0.6) is 0 Å². The molecule has 1 atom stereocenters. The Morgan fingerprint density at radius 3 is 2.54 bits per heavy atom. The first kappa shape index (κ1) is 21.9. The second-order valence-corrected chi connectivity index (χ2v) is 8.80. The van der Waals surface area contributed by atoms with Gasteiger partial charge < -0.3 is 15.5 Å². The van der Waals surface area contributed by atoms with Crippen molar-refractivity contribution in [3.63, 3.8) is 0 Å². The van der Waals surface area contributed by atoms with Crippen LogP contribution in [-0.2, 0) is 4.79 Å². The van der Waals surface area contributed by atoms with Gasteiger partial charge in [-0.15, -0.1) is 24.0 Å². The number of guanidine groups is 1.